The summed E-state index contributed by atoms with van der Waals surface area (Å²) in [5, 5.41) is 13.3. The molecular formula is C17H19N3O2. The lowest BCUT2D eigenvalue weighted by atomic mass is 9.99. The third-order valence-corrected chi connectivity index (χ3v) is 3.49. The maximum atomic E-state index is 11.7. The number of ether oxygens (including phenoxy) is 1. The van der Waals surface area contributed by atoms with Crippen molar-refractivity contribution in [2.45, 2.75) is 32.7 Å². The van der Waals surface area contributed by atoms with E-state index < -0.39 is 5.97 Å². The van der Waals surface area contributed by atoms with Crippen LogP contribution in [-0.4, -0.2) is 22.9 Å². The molecule has 0 saturated heterocycles. The SMILES string of the molecule is CCCCn1cc(-c2ccc(C(=O)OC)c(CC#N)c2)cn1. The number of hydrogen-bond acceptors (Lipinski definition) is 4. The van der Waals surface area contributed by atoms with Gasteiger partial charge in [0, 0.05) is 18.3 Å². The molecule has 1 heterocycles. The Morgan fingerprint density at radius 3 is 2.91 bits per heavy atom. The molecule has 0 amide bonds. The number of rotatable bonds is 6. The van der Waals surface area contributed by atoms with Crippen LogP contribution in [0.15, 0.2) is 30.6 Å². The van der Waals surface area contributed by atoms with Gasteiger partial charge in [-0.15, -0.1) is 0 Å². The second-order valence-electron chi connectivity index (χ2n) is 5.04. The largest absolute Gasteiger partial charge is 0.465 e. The Hall–Kier alpha value is -2.61. The van der Waals surface area contributed by atoms with Crippen molar-refractivity contribution in [3.8, 4) is 17.2 Å². The van der Waals surface area contributed by atoms with E-state index in [1.165, 1.54) is 7.11 Å². The first-order valence-corrected chi connectivity index (χ1v) is 7.30. The van der Waals surface area contributed by atoms with Gasteiger partial charge >= 0.3 is 5.97 Å². The number of carbonyl (C=O) groups excluding carboxylic acids is 1. The van der Waals surface area contributed by atoms with Gasteiger partial charge in [0.25, 0.3) is 0 Å². The lowest BCUT2D eigenvalue weighted by Gasteiger charge is -2.07. The van der Waals surface area contributed by atoms with E-state index in [0.717, 1.165) is 30.5 Å². The van der Waals surface area contributed by atoms with Crippen LogP contribution < -0.4 is 0 Å². The van der Waals surface area contributed by atoms with E-state index in [0.29, 0.717) is 11.1 Å². The first-order chi connectivity index (χ1) is 10.7. The lowest BCUT2D eigenvalue weighted by molar-refractivity contribution is 0.0599. The molecule has 0 saturated carbocycles. The fourth-order valence-corrected chi connectivity index (χ4v) is 2.27. The van der Waals surface area contributed by atoms with E-state index in [1.54, 1.807) is 12.3 Å². The highest BCUT2D eigenvalue weighted by molar-refractivity contribution is 5.92. The summed E-state index contributed by atoms with van der Waals surface area (Å²) < 4.78 is 6.67. The molecule has 0 aliphatic rings. The van der Waals surface area contributed by atoms with Gasteiger partial charge in [-0.2, -0.15) is 10.4 Å². The Balaban J connectivity index is 2.32. The Bertz CT molecular complexity index is 698. The van der Waals surface area contributed by atoms with Crippen LogP contribution in [0.1, 0.15) is 35.7 Å². The maximum Gasteiger partial charge on any atom is 0.338 e. The first-order valence-electron chi connectivity index (χ1n) is 7.30. The molecule has 0 unspecified atom stereocenters. The standard InChI is InChI=1S/C17H19N3O2/c1-3-4-9-20-12-15(11-19-20)13-5-6-16(17(21)22-2)14(10-13)7-8-18/h5-6,10-12H,3-4,7,9H2,1-2H3. The third kappa shape index (κ3) is 3.53. The van der Waals surface area contributed by atoms with Crippen LogP contribution in [0.3, 0.4) is 0 Å². The van der Waals surface area contributed by atoms with E-state index in [2.05, 4.69) is 18.1 Å². The van der Waals surface area contributed by atoms with E-state index in [-0.39, 0.29) is 6.42 Å². The van der Waals surface area contributed by atoms with Crippen LogP contribution in [0.2, 0.25) is 0 Å². The second-order valence-corrected chi connectivity index (χ2v) is 5.04. The van der Waals surface area contributed by atoms with Crippen molar-refractivity contribution in [2.75, 3.05) is 7.11 Å². The van der Waals surface area contributed by atoms with Gasteiger partial charge in [-0.3, -0.25) is 4.68 Å². The second kappa shape index (κ2) is 7.41. The average Bonchev–Trinajstić information content (AvgIpc) is 3.01. The smallest absolute Gasteiger partial charge is 0.338 e. The number of unbranched alkanes of at least 4 members (excludes halogenated alkanes) is 1. The molecule has 0 aliphatic heterocycles. The van der Waals surface area contributed by atoms with E-state index in [1.807, 2.05) is 23.0 Å². The Morgan fingerprint density at radius 1 is 1.41 bits per heavy atom. The molecule has 0 atom stereocenters. The summed E-state index contributed by atoms with van der Waals surface area (Å²) in [4.78, 5) is 11.7. The summed E-state index contributed by atoms with van der Waals surface area (Å²) >= 11 is 0. The summed E-state index contributed by atoms with van der Waals surface area (Å²) in [7, 11) is 1.34. The summed E-state index contributed by atoms with van der Waals surface area (Å²) in [5.74, 6) is -0.421. The number of aromatic nitrogens is 2. The van der Waals surface area contributed by atoms with Crippen LogP contribution in [0.5, 0.6) is 0 Å². The minimum atomic E-state index is -0.421. The highest BCUT2D eigenvalue weighted by Crippen LogP contribution is 2.23. The molecular weight excluding hydrogens is 278 g/mol. The summed E-state index contributed by atoms with van der Waals surface area (Å²) in [6, 6.07) is 7.51. The van der Waals surface area contributed by atoms with Gasteiger partial charge in [0.05, 0.1) is 31.4 Å². The number of hydrogen-bond donors (Lipinski definition) is 0. The van der Waals surface area contributed by atoms with Gasteiger partial charge in [-0.1, -0.05) is 19.4 Å². The topological polar surface area (TPSA) is 67.9 Å². The summed E-state index contributed by atoms with van der Waals surface area (Å²) in [6.07, 6.45) is 6.16. The van der Waals surface area contributed by atoms with Crippen LogP contribution >= 0.6 is 0 Å². The van der Waals surface area contributed by atoms with Gasteiger partial charge in [0.15, 0.2) is 0 Å². The molecule has 5 heteroatoms. The summed E-state index contributed by atoms with van der Waals surface area (Å²) in [6.45, 7) is 3.03. The minimum absolute atomic E-state index is 0.169. The molecule has 5 nitrogen and oxygen atoms in total. The number of aryl methyl sites for hydroxylation is 1. The third-order valence-electron chi connectivity index (χ3n) is 3.49. The van der Waals surface area contributed by atoms with Crippen molar-refractivity contribution in [1.82, 2.24) is 9.78 Å². The number of benzene rings is 1. The van der Waals surface area contributed by atoms with E-state index in [9.17, 15) is 4.79 Å². The highest BCUT2D eigenvalue weighted by atomic mass is 16.5. The lowest BCUT2D eigenvalue weighted by Crippen LogP contribution is -2.05. The molecule has 0 bridgehead atoms. The van der Waals surface area contributed by atoms with E-state index in [4.69, 9.17) is 10.00 Å². The number of nitrogens with zero attached hydrogens (tertiary/aromatic N) is 3. The molecule has 2 aromatic rings. The van der Waals surface area contributed by atoms with Crippen molar-refractivity contribution < 1.29 is 9.53 Å². The Kier molecular flexibility index (Phi) is 5.31. The summed E-state index contributed by atoms with van der Waals surface area (Å²) in [5.41, 5.74) is 3.03. The molecule has 22 heavy (non-hydrogen) atoms. The fourth-order valence-electron chi connectivity index (χ4n) is 2.27. The van der Waals surface area contributed by atoms with Crippen LogP contribution in [0.25, 0.3) is 11.1 Å². The molecule has 1 aromatic carbocycles. The molecule has 0 spiro atoms. The fraction of sp³-hybridized carbons (Fsp3) is 0.353. The van der Waals surface area contributed by atoms with Crippen molar-refractivity contribution >= 4 is 5.97 Å². The maximum absolute atomic E-state index is 11.7. The quantitative estimate of drug-likeness (QED) is 0.768. The Labute approximate surface area is 130 Å². The molecule has 0 radical (unpaired) electrons. The van der Waals surface area contributed by atoms with Gasteiger partial charge in [0.1, 0.15) is 0 Å². The number of carbonyl (C=O) groups is 1. The predicted molar refractivity (Wildman–Crippen MR) is 83.2 cm³/mol. The van der Waals surface area contributed by atoms with Crippen LogP contribution in [0, 0.1) is 11.3 Å². The number of nitriles is 1. The van der Waals surface area contributed by atoms with Crippen molar-refractivity contribution in [3.63, 3.8) is 0 Å². The zero-order chi connectivity index (χ0) is 15.9. The van der Waals surface area contributed by atoms with Gasteiger partial charge < -0.3 is 4.74 Å². The minimum Gasteiger partial charge on any atom is -0.465 e. The Morgan fingerprint density at radius 2 is 2.23 bits per heavy atom. The molecule has 114 valence electrons. The zero-order valence-corrected chi connectivity index (χ0v) is 12.9. The number of methoxy groups -OCH3 is 1. The van der Waals surface area contributed by atoms with Gasteiger partial charge in [0.2, 0.25) is 0 Å². The first kappa shape index (κ1) is 15.8. The molecule has 0 N–H and O–H groups in total. The van der Waals surface area contributed by atoms with Gasteiger partial charge in [-0.05, 0) is 29.7 Å². The van der Waals surface area contributed by atoms with Crippen molar-refractivity contribution in [1.29, 1.82) is 5.26 Å². The zero-order valence-electron chi connectivity index (χ0n) is 12.9. The van der Waals surface area contributed by atoms with Crippen LogP contribution in [0.4, 0.5) is 0 Å². The van der Waals surface area contributed by atoms with Crippen LogP contribution in [-0.2, 0) is 17.7 Å². The molecule has 1 aromatic heterocycles. The molecule has 0 aliphatic carbocycles. The monoisotopic (exact) mass is 297 g/mol. The van der Waals surface area contributed by atoms with Gasteiger partial charge in [-0.25, -0.2) is 4.79 Å². The van der Waals surface area contributed by atoms with Crippen molar-refractivity contribution in [2.24, 2.45) is 0 Å². The molecule has 2 rings (SSSR count). The number of esters is 1. The highest BCUT2D eigenvalue weighted by Gasteiger charge is 2.13. The predicted octanol–water partition coefficient (Wildman–Crippen LogP) is 3.20. The average molecular weight is 297 g/mol. The van der Waals surface area contributed by atoms with Crippen molar-refractivity contribution in [3.05, 3.63) is 41.7 Å². The molecule has 0 fully saturated rings. The van der Waals surface area contributed by atoms with E-state index >= 15 is 0 Å². The normalized spacial score (nSPS) is 10.2.